The van der Waals surface area contributed by atoms with Gasteiger partial charge >= 0.3 is 0 Å². The Morgan fingerprint density at radius 3 is 2.33 bits per heavy atom. The van der Waals surface area contributed by atoms with E-state index in [4.69, 9.17) is 18.8 Å². The third-order valence-electron chi connectivity index (χ3n) is 7.90. The van der Waals surface area contributed by atoms with Gasteiger partial charge in [-0.25, -0.2) is 9.97 Å². The Morgan fingerprint density at radius 1 is 0.538 bits per heavy atom. The summed E-state index contributed by atoms with van der Waals surface area (Å²) in [6.45, 7) is 0. The van der Waals surface area contributed by atoms with Crippen molar-refractivity contribution in [2.24, 2.45) is 0 Å². The van der Waals surface area contributed by atoms with E-state index in [1.807, 2.05) is 36.5 Å². The molecule has 0 atom stereocenters. The number of pyridine rings is 1. The predicted molar refractivity (Wildman–Crippen MR) is 153 cm³/mol. The molecule has 0 bridgehead atoms. The van der Waals surface area contributed by atoms with Crippen LogP contribution in [0.1, 0.15) is 11.1 Å². The molecule has 0 saturated carbocycles. The zero-order chi connectivity index (χ0) is 25.5. The lowest BCUT2D eigenvalue weighted by Gasteiger charge is -2.07. The van der Waals surface area contributed by atoms with E-state index in [9.17, 15) is 0 Å². The van der Waals surface area contributed by atoms with Gasteiger partial charge < -0.3 is 8.83 Å². The fraction of sp³-hybridized carbons (Fsp3) is 0.0294. The molecule has 5 heteroatoms. The molecule has 0 radical (unpaired) electrons. The molecule has 0 aliphatic heterocycles. The van der Waals surface area contributed by atoms with E-state index < -0.39 is 0 Å². The van der Waals surface area contributed by atoms with E-state index >= 15 is 0 Å². The molecule has 4 aromatic carbocycles. The van der Waals surface area contributed by atoms with Crippen LogP contribution in [0.25, 0.3) is 77.6 Å². The number of para-hydroxylation sites is 1. The van der Waals surface area contributed by atoms with Gasteiger partial charge in [0.2, 0.25) is 0 Å². The van der Waals surface area contributed by atoms with E-state index in [2.05, 4.69) is 65.6 Å². The Morgan fingerprint density at radius 2 is 1.33 bits per heavy atom. The number of benzene rings is 4. The number of aromatic nitrogens is 3. The maximum atomic E-state index is 6.33. The largest absolute Gasteiger partial charge is 0.456 e. The average molecular weight is 502 g/mol. The molecular weight excluding hydrogens is 482 g/mol. The second-order valence-corrected chi connectivity index (χ2v) is 10.0. The summed E-state index contributed by atoms with van der Waals surface area (Å²) in [5.74, 6) is 0. The maximum Gasteiger partial charge on any atom is 0.161 e. The van der Waals surface area contributed by atoms with Gasteiger partial charge in [-0.05, 0) is 48.0 Å². The third-order valence-corrected chi connectivity index (χ3v) is 7.90. The van der Waals surface area contributed by atoms with Gasteiger partial charge in [0.05, 0.1) is 11.4 Å². The number of furan rings is 2. The van der Waals surface area contributed by atoms with Crippen molar-refractivity contribution < 1.29 is 8.83 Å². The quantitative estimate of drug-likeness (QED) is 0.237. The number of nitrogens with zero attached hydrogens (tertiary/aromatic N) is 3. The molecule has 0 unspecified atom stereocenters. The van der Waals surface area contributed by atoms with Crippen molar-refractivity contribution >= 4 is 43.9 Å². The normalized spacial score (nSPS) is 12.5. The lowest BCUT2D eigenvalue weighted by Crippen LogP contribution is -1.94. The average Bonchev–Trinajstić information content (AvgIpc) is 3.67. The summed E-state index contributed by atoms with van der Waals surface area (Å²) in [5.41, 5.74) is 11.8. The van der Waals surface area contributed by atoms with E-state index in [1.165, 1.54) is 16.7 Å². The first-order valence-electron chi connectivity index (χ1n) is 13.0. The van der Waals surface area contributed by atoms with Crippen molar-refractivity contribution in [1.29, 1.82) is 0 Å². The first-order chi connectivity index (χ1) is 19.3. The molecule has 0 fully saturated rings. The van der Waals surface area contributed by atoms with Crippen molar-refractivity contribution in [3.63, 3.8) is 0 Å². The minimum atomic E-state index is 0.798. The minimum absolute atomic E-state index is 0.798. The molecule has 0 N–H and O–H groups in total. The van der Waals surface area contributed by atoms with Gasteiger partial charge in [-0.15, -0.1) is 0 Å². The molecule has 1 aliphatic rings. The Bertz CT molecular complexity index is 2280. The molecule has 0 spiro atoms. The standard InChI is InChI=1S/C34H19N3O2/c1-2-6-22-19(5-1)15-27-31(36-18-37-33(22)27)21-9-11-24-26-16-20(10-12-29(26)38-30(24)17-21)32-34-25(13-14-35-32)23-7-3-4-8-28(23)39-34/h1-14,16-18H,15H2. The van der Waals surface area contributed by atoms with Gasteiger partial charge in [0.1, 0.15) is 28.8 Å². The minimum Gasteiger partial charge on any atom is -0.456 e. The molecular formula is C34H19N3O2. The number of rotatable bonds is 2. The van der Waals surface area contributed by atoms with Crippen molar-refractivity contribution in [3.05, 3.63) is 115 Å². The van der Waals surface area contributed by atoms with Crippen molar-refractivity contribution in [1.82, 2.24) is 15.0 Å². The zero-order valence-corrected chi connectivity index (χ0v) is 20.7. The Labute approximate surface area is 222 Å². The van der Waals surface area contributed by atoms with Crippen molar-refractivity contribution in [2.45, 2.75) is 6.42 Å². The Balaban J connectivity index is 1.19. The maximum absolute atomic E-state index is 6.33. The van der Waals surface area contributed by atoms with E-state index in [1.54, 1.807) is 6.33 Å². The van der Waals surface area contributed by atoms with Crippen LogP contribution in [0.4, 0.5) is 0 Å². The smallest absolute Gasteiger partial charge is 0.161 e. The highest BCUT2D eigenvalue weighted by Gasteiger charge is 2.24. The third kappa shape index (κ3) is 2.92. The van der Waals surface area contributed by atoms with Gasteiger partial charge in [-0.1, -0.05) is 48.5 Å². The highest BCUT2D eigenvalue weighted by Crippen LogP contribution is 2.41. The van der Waals surface area contributed by atoms with Crippen LogP contribution in [0.5, 0.6) is 0 Å². The molecule has 4 aromatic heterocycles. The molecule has 9 rings (SSSR count). The molecule has 4 heterocycles. The number of hydrogen-bond acceptors (Lipinski definition) is 5. The Hall–Kier alpha value is -5.29. The van der Waals surface area contributed by atoms with Gasteiger partial charge in [-0.2, -0.15) is 0 Å². The highest BCUT2D eigenvalue weighted by molar-refractivity contribution is 6.11. The second-order valence-electron chi connectivity index (χ2n) is 10.0. The number of hydrogen-bond donors (Lipinski definition) is 0. The Kier molecular flexibility index (Phi) is 4.05. The van der Waals surface area contributed by atoms with E-state index in [-0.39, 0.29) is 0 Å². The number of fused-ring (bicyclic) bond motifs is 9. The first-order valence-corrected chi connectivity index (χ1v) is 13.0. The summed E-state index contributed by atoms with van der Waals surface area (Å²) < 4.78 is 12.6. The van der Waals surface area contributed by atoms with Crippen LogP contribution in [-0.4, -0.2) is 15.0 Å². The predicted octanol–water partition coefficient (Wildman–Crippen LogP) is 8.58. The summed E-state index contributed by atoms with van der Waals surface area (Å²) in [5, 5.41) is 4.26. The van der Waals surface area contributed by atoms with Crippen LogP contribution in [0.15, 0.2) is 112 Å². The molecule has 0 amide bonds. The molecule has 39 heavy (non-hydrogen) atoms. The van der Waals surface area contributed by atoms with E-state index in [0.29, 0.717) is 0 Å². The van der Waals surface area contributed by atoms with Crippen LogP contribution in [-0.2, 0) is 6.42 Å². The van der Waals surface area contributed by atoms with Crippen molar-refractivity contribution in [2.75, 3.05) is 0 Å². The van der Waals surface area contributed by atoms with Crippen LogP contribution in [0.2, 0.25) is 0 Å². The summed E-state index contributed by atoms with van der Waals surface area (Å²) in [6.07, 6.45) is 4.35. The molecule has 182 valence electrons. The van der Waals surface area contributed by atoms with Crippen LogP contribution in [0, 0.1) is 0 Å². The van der Waals surface area contributed by atoms with Crippen LogP contribution in [0.3, 0.4) is 0 Å². The molecule has 1 aliphatic carbocycles. The highest BCUT2D eigenvalue weighted by atomic mass is 16.3. The zero-order valence-electron chi connectivity index (χ0n) is 20.7. The van der Waals surface area contributed by atoms with Gasteiger partial charge in [-0.3, -0.25) is 4.98 Å². The first kappa shape index (κ1) is 20.7. The van der Waals surface area contributed by atoms with E-state index in [0.717, 1.165) is 78.5 Å². The monoisotopic (exact) mass is 501 g/mol. The molecule has 5 nitrogen and oxygen atoms in total. The van der Waals surface area contributed by atoms with Crippen molar-refractivity contribution in [3.8, 4) is 33.8 Å². The second kappa shape index (κ2) is 7.62. The summed E-state index contributed by atoms with van der Waals surface area (Å²) >= 11 is 0. The van der Waals surface area contributed by atoms with Crippen LogP contribution < -0.4 is 0 Å². The SMILES string of the molecule is c1ccc2c(c1)Cc1c(-c3ccc4c(c3)oc3ccc(-c5nccc6c5oc5ccccc56)cc34)ncnc1-2. The van der Waals surface area contributed by atoms with Gasteiger partial charge in [0, 0.05) is 56.4 Å². The topological polar surface area (TPSA) is 65.0 Å². The molecule has 0 saturated heterocycles. The summed E-state index contributed by atoms with van der Waals surface area (Å²) in [6, 6.07) is 31.1. The summed E-state index contributed by atoms with van der Waals surface area (Å²) in [7, 11) is 0. The van der Waals surface area contributed by atoms with Gasteiger partial charge in [0.25, 0.3) is 0 Å². The van der Waals surface area contributed by atoms with Gasteiger partial charge in [0.15, 0.2) is 5.58 Å². The summed E-state index contributed by atoms with van der Waals surface area (Å²) in [4.78, 5) is 14.0. The fourth-order valence-corrected chi connectivity index (χ4v) is 6.09. The fourth-order valence-electron chi connectivity index (χ4n) is 6.09. The molecule has 8 aromatic rings. The lowest BCUT2D eigenvalue weighted by atomic mass is 10.0. The lowest BCUT2D eigenvalue weighted by molar-refractivity contribution is 0.667. The van der Waals surface area contributed by atoms with Crippen LogP contribution >= 0.6 is 0 Å².